The molecule has 2 saturated heterocycles. The highest BCUT2D eigenvalue weighted by atomic mass is 32.2. The van der Waals surface area contributed by atoms with E-state index in [0.717, 1.165) is 5.46 Å². The van der Waals surface area contributed by atoms with Crippen LogP contribution >= 0.6 is 11.8 Å². The Hall–Kier alpha value is -2.04. The molecule has 0 saturated carbocycles. The van der Waals surface area contributed by atoms with Crippen molar-refractivity contribution in [2.75, 3.05) is 20.0 Å². The number of amides is 1. The number of hydrogen-bond donors (Lipinski definition) is 1. The van der Waals surface area contributed by atoms with Crippen LogP contribution in [0.5, 0.6) is 11.5 Å². The van der Waals surface area contributed by atoms with Gasteiger partial charge >= 0.3 is 7.12 Å². The maximum atomic E-state index is 11.3. The van der Waals surface area contributed by atoms with Crippen molar-refractivity contribution in [3.05, 3.63) is 17.7 Å². The third-order valence-corrected chi connectivity index (χ3v) is 5.90. The molecule has 0 atom stereocenters. The van der Waals surface area contributed by atoms with Crippen LogP contribution in [-0.4, -0.2) is 55.6 Å². The first-order valence-corrected chi connectivity index (χ1v) is 9.80. The van der Waals surface area contributed by atoms with Crippen LogP contribution in [0, 0.1) is 0 Å². The number of benzene rings is 1. The maximum Gasteiger partial charge on any atom is 0.495 e. The number of thioether (sulfide) groups is 1. The summed E-state index contributed by atoms with van der Waals surface area (Å²) in [5, 5.41) is 11.3. The molecule has 1 N–H and O–H groups in total. The van der Waals surface area contributed by atoms with Gasteiger partial charge in [0.05, 0.1) is 37.4 Å². The molecule has 2 aliphatic rings. The lowest BCUT2D eigenvalue weighted by atomic mass is 9.75. The summed E-state index contributed by atoms with van der Waals surface area (Å²) in [6, 6.07) is 3.60. The van der Waals surface area contributed by atoms with E-state index in [2.05, 4.69) is 15.5 Å². The van der Waals surface area contributed by atoms with E-state index < -0.39 is 18.3 Å². The Labute approximate surface area is 169 Å². The lowest BCUT2D eigenvalue weighted by Crippen LogP contribution is -2.41. The van der Waals surface area contributed by atoms with Crippen molar-refractivity contribution >= 4 is 41.6 Å². The molecule has 1 amide bonds. The van der Waals surface area contributed by atoms with E-state index in [9.17, 15) is 4.79 Å². The van der Waals surface area contributed by atoms with Crippen molar-refractivity contribution in [2.24, 2.45) is 10.2 Å². The van der Waals surface area contributed by atoms with Crippen LogP contribution in [0.3, 0.4) is 0 Å². The summed E-state index contributed by atoms with van der Waals surface area (Å²) in [6.45, 7) is 7.96. The Morgan fingerprint density at radius 1 is 1.18 bits per heavy atom. The minimum Gasteiger partial charge on any atom is -0.497 e. The van der Waals surface area contributed by atoms with Crippen molar-refractivity contribution in [3.63, 3.8) is 0 Å². The molecule has 0 spiro atoms. The SMILES string of the molecule is COc1cc(OC)c(C=NN=C2NC(=O)CS2)c(B2OC(C)(C)C(C)(C)O2)c1. The van der Waals surface area contributed by atoms with Crippen LogP contribution in [0.2, 0.25) is 0 Å². The second kappa shape index (κ2) is 7.77. The van der Waals surface area contributed by atoms with Gasteiger partial charge in [-0.25, -0.2) is 0 Å². The van der Waals surface area contributed by atoms with E-state index in [1.165, 1.54) is 11.8 Å². The smallest absolute Gasteiger partial charge is 0.495 e. The number of methoxy groups -OCH3 is 2. The fraction of sp³-hybridized carbons (Fsp3) is 0.500. The maximum absolute atomic E-state index is 11.3. The van der Waals surface area contributed by atoms with E-state index >= 15 is 0 Å². The fourth-order valence-corrected chi connectivity index (χ4v) is 3.36. The van der Waals surface area contributed by atoms with E-state index in [0.29, 0.717) is 28.0 Å². The van der Waals surface area contributed by atoms with Gasteiger partial charge < -0.3 is 24.1 Å². The van der Waals surface area contributed by atoms with Gasteiger partial charge in [-0.15, -0.1) is 5.10 Å². The highest BCUT2D eigenvalue weighted by molar-refractivity contribution is 8.15. The van der Waals surface area contributed by atoms with E-state index in [4.69, 9.17) is 18.8 Å². The molecule has 150 valence electrons. The van der Waals surface area contributed by atoms with Crippen LogP contribution < -0.4 is 20.3 Å². The van der Waals surface area contributed by atoms with E-state index in [1.54, 1.807) is 26.5 Å². The molecule has 10 heteroatoms. The topological polar surface area (TPSA) is 90.7 Å². The third kappa shape index (κ3) is 4.04. The van der Waals surface area contributed by atoms with Gasteiger partial charge in [0, 0.05) is 11.6 Å². The Kier molecular flexibility index (Phi) is 5.74. The van der Waals surface area contributed by atoms with Gasteiger partial charge in [0.15, 0.2) is 5.17 Å². The molecule has 1 aromatic carbocycles. The number of rotatable bonds is 5. The Bertz CT molecular complexity index is 825. The van der Waals surface area contributed by atoms with Crippen LogP contribution in [0.25, 0.3) is 0 Å². The molecular weight excluding hydrogens is 381 g/mol. The summed E-state index contributed by atoms with van der Waals surface area (Å²) < 4.78 is 23.3. The summed E-state index contributed by atoms with van der Waals surface area (Å²) in [5.41, 5.74) is 0.406. The zero-order valence-corrected chi connectivity index (χ0v) is 17.7. The predicted molar refractivity (Wildman–Crippen MR) is 111 cm³/mol. The summed E-state index contributed by atoms with van der Waals surface area (Å²) >= 11 is 1.31. The molecule has 0 aliphatic carbocycles. The van der Waals surface area contributed by atoms with Gasteiger partial charge in [-0.05, 0) is 39.2 Å². The third-order valence-electron chi connectivity index (χ3n) is 5.03. The number of hydrogen-bond acceptors (Lipinski definition) is 8. The van der Waals surface area contributed by atoms with Gasteiger partial charge in [-0.1, -0.05) is 11.8 Å². The van der Waals surface area contributed by atoms with E-state index in [1.807, 2.05) is 33.8 Å². The van der Waals surface area contributed by atoms with Crippen LogP contribution in [0.1, 0.15) is 33.3 Å². The second-order valence-corrected chi connectivity index (χ2v) is 8.37. The van der Waals surface area contributed by atoms with Crippen molar-refractivity contribution in [2.45, 2.75) is 38.9 Å². The van der Waals surface area contributed by atoms with Gasteiger partial charge in [0.2, 0.25) is 5.91 Å². The number of ether oxygens (including phenoxy) is 2. The average Bonchev–Trinajstić information content (AvgIpc) is 3.14. The van der Waals surface area contributed by atoms with Crippen LogP contribution in [-0.2, 0) is 14.1 Å². The van der Waals surface area contributed by atoms with Crippen molar-refractivity contribution in [1.29, 1.82) is 0 Å². The number of carbonyl (C=O) groups excluding carboxylic acids is 1. The fourth-order valence-electron chi connectivity index (χ4n) is 2.73. The molecule has 3 rings (SSSR count). The minimum absolute atomic E-state index is 0.0844. The molecule has 0 unspecified atom stereocenters. The van der Waals surface area contributed by atoms with Crippen molar-refractivity contribution < 1.29 is 23.6 Å². The van der Waals surface area contributed by atoms with E-state index in [-0.39, 0.29) is 5.91 Å². The van der Waals surface area contributed by atoms with Gasteiger partial charge in [0.1, 0.15) is 11.5 Å². The Morgan fingerprint density at radius 2 is 1.86 bits per heavy atom. The first kappa shape index (κ1) is 20.7. The molecule has 0 radical (unpaired) electrons. The minimum atomic E-state index is -0.622. The molecule has 8 nitrogen and oxygen atoms in total. The summed E-state index contributed by atoms with van der Waals surface area (Å²) in [6.07, 6.45) is 1.57. The van der Waals surface area contributed by atoms with Crippen LogP contribution in [0.15, 0.2) is 22.3 Å². The molecule has 2 fully saturated rings. The van der Waals surface area contributed by atoms with Gasteiger partial charge in [-0.2, -0.15) is 5.10 Å². The number of nitrogens with one attached hydrogen (secondary N) is 1. The lowest BCUT2D eigenvalue weighted by molar-refractivity contribution is -0.116. The lowest BCUT2D eigenvalue weighted by Gasteiger charge is -2.32. The number of carbonyl (C=O) groups is 1. The normalized spacial score (nSPS) is 22.1. The summed E-state index contributed by atoms with van der Waals surface area (Å²) in [4.78, 5) is 11.3. The predicted octanol–water partition coefficient (Wildman–Crippen LogP) is 1.56. The molecule has 0 bridgehead atoms. The highest BCUT2D eigenvalue weighted by Crippen LogP contribution is 2.37. The monoisotopic (exact) mass is 405 g/mol. The molecule has 28 heavy (non-hydrogen) atoms. The van der Waals surface area contributed by atoms with Crippen molar-refractivity contribution in [1.82, 2.24) is 5.32 Å². The molecule has 1 aromatic rings. The first-order chi connectivity index (χ1) is 13.2. The quantitative estimate of drug-likeness (QED) is 0.454. The molecule has 0 aromatic heterocycles. The largest absolute Gasteiger partial charge is 0.497 e. The molecular formula is C18H24BN3O5S. The average molecular weight is 405 g/mol. The second-order valence-electron chi connectivity index (χ2n) is 7.41. The zero-order chi connectivity index (χ0) is 20.5. The standard InChI is InChI=1S/C18H24BN3O5S/c1-17(2)18(3,4)27-19(26-17)13-7-11(24-5)8-14(25-6)12(13)9-20-22-16-21-15(23)10-28-16/h7-9H,10H2,1-6H3,(H,21,22,23). The van der Waals surface area contributed by atoms with Gasteiger partial charge in [-0.3, -0.25) is 4.79 Å². The number of nitrogens with zero attached hydrogens (tertiary/aromatic N) is 2. The van der Waals surface area contributed by atoms with Crippen molar-refractivity contribution in [3.8, 4) is 11.5 Å². The molecule has 2 aliphatic heterocycles. The summed E-state index contributed by atoms with van der Waals surface area (Å²) in [7, 11) is 2.53. The van der Waals surface area contributed by atoms with Crippen LogP contribution in [0.4, 0.5) is 0 Å². The first-order valence-electron chi connectivity index (χ1n) is 8.82. The Balaban J connectivity index is 2.00. The summed E-state index contributed by atoms with van der Waals surface area (Å²) in [5.74, 6) is 1.43. The number of amidine groups is 1. The zero-order valence-electron chi connectivity index (χ0n) is 16.9. The van der Waals surface area contributed by atoms with Gasteiger partial charge in [0.25, 0.3) is 0 Å². The Morgan fingerprint density at radius 3 is 2.39 bits per heavy atom. The molecule has 2 heterocycles. The highest BCUT2D eigenvalue weighted by Gasteiger charge is 2.52.